The van der Waals surface area contributed by atoms with Crippen LogP contribution < -0.4 is 24.2 Å². The second-order valence-corrected chi connectivity index (χ2v) is 8.67. The van der Waals surface area contributed by atoms with E-state index >= 15 is 0 Å². The maximum atomic E-state index is 13.0. The molecular weight excluding hydrogens is 460 g/mol. The summed E-state index contributed by atoms with van der Waals surface area (Å²) < 4.78 is 49.5. The zero-order valence-corrected chi connectivity index (χ0v) is 19.8. The van der Waals surface area contributed by atoms with Crippen molar-refractivity contribution in [2.75, 3.05) is 44.6 Å². The van der Waals surface area contributed by atoms with E-state index < -0.39 is 10.0 Å². The molecule has 3 rings (SSSR count). The Morgan fingerprint density at radius 2 is 1.44 bits per heavy atom. The lowest BCUT2D eigenvalue weighted by molar-refractivity contribution is 0.102. The van der Waals surface area contributed by atoms with Gasteiger partial charge in [0.15, 0.2) is 0 Å². The fourth-order valence-electron chi connectivity index (χ4n) is 3.02. The van der Waals surface area contributed by atoms with Gasteiger partial charge in [-0.25, -0.2) is 8.42 Å². The Kier molecular flexibility index (Phi) is 8.34. The van der Waals surface area contributed by atoms with Crippen LogP contribution >= 0.6 is 0 Å². The summed E-state index contributed by atoms with van der Waals surface area (Å²) in [6, 6.07) is 17.6. The van der Waals surface area contributed by atoms with Gasteiger partial charge in [-0.2, -0.15) is 0 Å². The lowest BCUT2D eigenvalue weighted by atomic mass is 10.2. The molecule has 0 aromatic heterocycles. The summed E-state index contributed by atoms with van der Waals surface area (Å²) in [4.78, 5) is 12.6. The highest BCUT2D eigenvalue weighted by Crippen LogP contribution is 2.37. The first-order valence-corrected chi connectivity index (χ1v) is 11.7. The quantitative estimate of drug-likeness (QED) is 0.397. The van der Waals surface area contributed by atoms with Gasteiger partial charge in [0.2, 0.25) is 0 Å². The Labute approximate surface area is 198 Å². The standard InChI is InChI=1S/C24H26N2O7S/c1-30-13-14-33-18-9-11-19(12-10-18)34(28,29)26-21-16-22(31-2)20(15-23(21)32-3)25-24(27)17-7-5-4-6-8-17/h4-12,15-16,26H,13-14H2,1-3H3,(H,25,27). The molecule has 0 unspecified atom stereocenters. The van der Waals surface area contributed by atoms with E-state index in [4.69, 9.17) is 18.9 Å². The van der Waals surface area contributed by atoms with Gasteiger partial charge < -0.3 is 24.3 Å². The van der Waals surface area contributed by atoms with E-state index in [1.54, 1.807) is 43.5 Å². The second-order valence-electron chi connectivity index (χ2n) is 6.99. The van der Waals surface area contributed by atoms with E-state index in [1.807, 2.05) is 6.07 Å². The molecule has 0 aliphatic heterocycles. The molecule has 0 atom stereocenters. The number of hydrogen-bond acceptors (Lipinski definition) is 7. The largest absolute Gasteiger partial charge is 0.494 e. The van der Waals surface area contributed by atoms with Gasteiger partial charge in [0.1, 0.15) is 23.9 Å². The molecule has 0 spiro atoms. The Bertz CT molecular complexity index is 1210. The van der Waals surface area contributed by atoms with Gasteiger partial charge in [0.25, 0.3) is 15.9 Å². The Morgan fingerprint density at radius 3 is 2.06 bits per heavy atom. The first-order chi connectivity index (χ1) is 16.4. The molecule has 0 saturated carbocycles. The number of rotatable bonds is 11. The van der Waals surface area contributed by atoms with E-state index in [9.17, 15) is 13.2 Å². The molecule has 0 radical (unpaired) electrons. The van der Waals surface area contributed by atoms with E-state index in [1.165, 1.54) is 38.5 Å². The van der Waals surface area contributed by atoms with Gasteiger partial charge in [-0.3, -0.25) is 9.52 Å². The number of carbonyl (C=O) groups excluding carboxylic acids is 1. The van der Waals surface area contributed by atoms with Crippen molar-refractivity contribution in [3.8, 4) is 17.2 Å². The number of methoxy groups -OCH3 is 3. The third-order valence-corrected chi connectivity index (χ3v) is 6.12. The van der Waals surface area contributed by atoms with E-state index in [2.05, 4.69) is 10.0 Å². The van der Waals surface area contributed by atoms with Crippen LogP contribution in [0.1, 0.15) is 10.4 Å². The van der Waals surface area contributed by atoms with E-state index in [-0.39, 0.29) is 28.0 Å². The molecule has 3 aromatic carbocycles. The van der Waals surface area contributed by atoms with Crippen molar-refractivity contribution >= 4 is 27.3 Å². The predicted octanol–water partition coefficient (Wildman–Crippen LogP) is 3.78. The van der Waals surface area contributed by atoms with Crippen LogP contribution in [0, 0.1) is 0 Å². The molecule has 0 heterocycles. The molecule has 0 fully saturated rings. The number of anilines is 2. The topological polar surface area (TPSA) is 112 Å². The van der Waals surface area contributed by atoms with Crippen LogP contribution in [0.25, 0.3) is 0 Å². The Balaban J connectivity index is 1.83. The molecule has 1 amide bonds. The van der Waals surface area contributed by atoms with Gasteiger partial charge in [0, 0.05) is 24.8 Å². The third kappa shape index (κ3) is 6.18. The predicted molar refractivity (Wildman–Crippen MR) is 129 cm³/mol. The fraction of sp³-hybridized carbons (Fsp3) is 0.208. The van der Waals surface area contributed by atoms with Crippen molar-refractivity contribution in [1.29, 1.82) is 0 Å². The molecule has 180 valence electrons. The fourth-order valence-corrected chi connectivity index (χ4v) is 4.08. The first-order valence-electron chi connectivity index (χ1n) is 10.2. The summed E-state index contributed by atoms with van der Waals surface area (Å²) in [7, 11) is 0.437. The van der Waals surface area contributed by atoms with Crippen LogP contribution in [0.2, 0.25) is 0 Å². The van der Waals surface area contributed by atoms with Crippen molar-refractivity contribution in [2.45, 2.75) is 4.90 Å². The SMILES string of the molecule is COCCOc1ccc(S(=O)(=O)Nc2cc(OC)c(NC(=O)c3ccccc3)cc2OC)cc1. The monoisotopic (exact) mass is 486 g/mol. The molecule has 10 heteroatoms. The molecule has 0 aliphatic carbocycles. The number of hydrogen-bond donors (Lipinski definition) is 2. The number of benzene rings is 3. The van der Waals surface area contributed by atoms with Crippen LogP contribution in [0.3, 0.4) is 0 Å². The van der Waals surface area contributed by atoms with Gasteiger partial charge in [0.05, 0.1) is 37.1 Å². The van der Waals surface area contributed by atoms with Crippen LogP contribution in [0.4, 0.5) is 11.4 Å². The van der Waals surface area contributed by atoms with E-state index in [0.717, 1.165) is 0 Å². The van der Waals surface area contributed by atoms with Gasteiger partial charge in [-0.1, -0.05) is 18.2 Å². The number of amides is 1. The molecule has 3 aromatic rings. The third-order valence-electron chi connectivity index (χ3n) is 4.74. The van der Waals surface area contributed by atoms with E-state index in [0.29, 0.717) is 30.2 Å². The van der Waals surface area contributed by atoms with Crippen LogP contribution in [0.15, 0.2) is 71.6 Å². The first kappa shape index (κ1) is 24.9. The Morgan fingerprint density at radius 1 is 0.824 bits per heavy atom. The summed E-state index contributed by atoms with van der Waals surface area (Å²) >= 11 is 0. The van der Waals surface area contributed by atoms with Crippen LogP contribution in [0.5, 0.6) is 17.2 Å². The van der Waals surface area contributed by atoms with Crippen molar-refractivity contribution in [2.24, 2.45) is 0 Å². The van der Waals surface area contributed by atoms with Gasteiger partial charge >= 0.3 is 0 Å². The molecule has 34 heavy (non-hydrogen) atoms. The highest BCUT2D eigenvalue weighted by molar-refractivity contribution is 7.92. The minimum atomic E-state index is -3.94. The molecule has 0 bridgehead atoms. The summed E-state index contributed by atoms with van der Waals surface area (Å²) in [5, 5.41) is 2.76. The highest BCUT2D eigenvalue weighted by atomic mass is 32.2. The number of ether oxygens (including phenoxy) is 4. The van der Waals surface area contributed by atoms with Crippen molar-refractivity contribution in [3.05, 3.63) is 72.3 Å². The summed E-state index contributed by atoms with van der Waals surface area (Å²) in [5.74, 6) is 0.632. The smallest absolute Gasteiger partial charge is 0.262 e. The summed E-state index contributed by atoms with van der Waals surface area (Å²) in [6.45, 7) is 0.774. The minimum Gasteiger partial charge on any atom is -0.494 e. The molecule has 0 saturated heterocycles. The minimum absolute atomic E-state index is 0.0362. The maximum Gasteiger partial charge on any atom is 0.262 e. The van der Waals surface area contributed by atoms with Crippen molar-refractivity contribution < 1.29 is 32.2 Å². The van der Waals surface area contributed by atoms with Crippen molar-refractivity contribution in [1.82, 2.24) is 0 Å². The van der Waals surface area contributed by atoms with Crippen molar-refractivity contribution in [3.63, 3.8) is 0 Å². The number of sulfonamides is 1. The Hall–Kier alpha value is -3.76. The average molecular weight is 487 g/mol. The molecular formula is C24H26N2O7S. The zero-order chi connectivity index (χ0) is 24.6. The normalized spacial score (nSPS) is 10.9. The zero-order valence-electron chi connectivity index (χ0n) is 19.0. The summed E-state index contributed by atoms with van der Waals surface area (Å²) in [5.41, 5.74) is 0.939. The number of carbonyl (C=O) groups is 1. The van der Waals surface area contributed by atoms with Crippen LogP contribution in [-0.4, -0.2) is 48.9 Å². The maximum absolute atomic E-state index is 13.0. The lowest BCUT2D eigenvalue weighted by Crippen LogP contribution is -2.15. The molecule has 2 N–H and O–H groups in total. The highest BCUT2D eigenvalue weighted by Gasteiger charge is 2.20. The molecule has 0 aliphatic rings. The lowest BCUT2D eigenvalue weighted by Gasteiger charge is -2.17. The molecule has 9 nitrogen and oxygen atoms in total. The van der Waals surface area contributed by atoms with Crippen LogP contribution in [-0.2, 0) is 14.8 Å². The second kappa shape index (κ2) is 11.4. The average Bonchev–Trinajstić information content (AvgIpc) is 2.85. The van der Waals surface area contributed by atoms with Gasteiger partial charge in [-0.05, 0) is 36.4 Å². The summed E-state index contributed by atoms with van der Waals surface area (Å²) in [6.07, 6.45) is 0. The number of nitrogens with one attached hydrogen (secondary N) is 2. The van der Waals surface area contributed by atoms with Gasteiger partial charge in [-0.15, -0.1) is 0 Å².